The minimum absolute atomic E-state index is 0.198. The van der Waals surface area contributed by atoms with E-state index in [-0.39, 0.29) is 5.91 Å². The third kappa shape index (κ3) is 3.97. The van der Waals surface area contributed by atoms with E-state index in [0.29, 0.717) is 17.9 Å². The van der Waals surface area contributed by atoms with Gasteiger partial charge in [-0.2, -0.15) is 0 Å². The van der Waals surface area contributed by atoms with Crippen molar-refractivity contribution in [3.05, 3.63) is 23.8 Å². The molecule has 1 aliphatic rings. The Labute approximate surface area is 125 Å². The molecule has 0 aromatic heterocycles. The topological polar surface area (TPSA) is 58.6 Å². The van der Waals surface area contributed by atoms with E-state index in [9.17, 15) is 9.59 Å². The van der Waals surface area contributed by atoms with Gasteiger partial charge in [0.25, 0.3) is 0 Å². The van der Waals surface area contributed by atoms with Gasteiger partial charge >= 0.3 is 5.97 Å². The zero-order chi connectivity index (χ0) is 15.2. The van der Waals surface area contributed by atoms with E-state index >= 15 is 0 Å². The SMILES string of the molecule is CCOC(=O)c1ccc(N2CCCCC2)cc1NC(C)=O. The maximum absolute atomic E-state index is 11.9. The van der Waals surface area contributed by atoms with Crippen LogP contribution in [-0.4, -0.2) is 31.6 Å². The molecule has 1 fully saturated rings. The van der Waals surface area contributed by atoms with Gasteiger partial charge in [-0.3, -0.25) is 4.79 Å². The average Bonchev–Trinajstić information content (AvgIpc) is 2.47. The molecule has 0 spiro atoms. The van der Waals surface area contributed by atoms with Crippen molar-refractivity contribution in [3.63, 3.8) is 0 Å². The number of amides is 1. The van der Waals surface area contributed by atoms with Crippen molar-refractivity contribution >= 4 is 23.3 Å². The first kappa shape index (κ1) is 15.4. The fourth-order valence-electron chi connectivity index (χ4n) is 2.56. The van der Waals surface area contributed by atoms with E-state index in [4.69, 9.17) is 4.74 Å². The molecule has 1 saturated heterocycles. The van der Waals surface area contributed by atoms with Crippen molar-refractivity contribution in [1.82, 2.24) is 0 Å². The van der Waals surface area contributed by atoms with E-state index < -0.39 is 5.97 Å². The summed E-state index contributed by atoms with van der Waals surface area (Å²) in [5.74, 6) is -0.609. The van der Waals surface area contributed by atoms with E-state index in [0.717, 1.165) is 18.8 Å². The fourth-order valence-corrected chi connectivity index (χ4v) is 2.56. The minimum atomic E-state index is -0.411. The number of esters is 1. The number of nitrogens with zero attached hydrogens (tertiary/aromatic N) is 1. The van der Waals surface area contributed by atoms with Crippen molar-refractivity contribution in [2.45, 2.75) is 33.1 Å². The summed E-state index contributed by atoms with van der Waals surface area (Å²) >= 11 is 0. The van der Waals surface area contributed by atoms with Gasteiger partial charge in [0.2, 0.25) is 5.91 Å². The number of nitrogens with one attached hydrogen (secondary N) is 1. The largest absolute Gasteiger partial charge is 0.462 e. The Morgan fingerprint density at radius 2 is 1.95 bits per heavy atom. The minimum Gasteiger partial charge on any atom is -0.462 e. The Morgan fingerprint density at radius 1 is 1.24 bits per heavy atom. The van der Waals surface area contributed by atoms with Gasteiger partial charge in [-0.15, -0.1) is 0 Å². The number of anilines is 2. The van der Waals surface area contributed by atoms with Crippen LogP contribution in [0.15, 0.2) is 18.2 Å². The highest BCUT2D eigenvalue weighted by Crippen LogP contribution is 2.27. The van der Waals surface area contributed by atoms with Gasteiger partial charge in [0, 0.05) is 25.7 Å². The van der Waals surface area contributed by atoms with E-state index in [1.807, 2.05) is 12.1 Å². The summed E-state index contributed by atoms with van der Waals surface area (Å²) < 4.78 is 5.03. The van der Waals surface area contributed by atoms with Crippen LogP contribution in [0.4, 0.5) is 11.4 Å². The maximum atomic E-state index is 11.9. The Bertz CT molecular complexity index is 522. The highest BCUT2D eigenvalue weighted by Gasteiger charge is 2.17. The molecule has 0 bridgehead atoms. The monoisotopic (exact) mass is 290 g/mol. The Morgan fingerprint density at radius 3 is 2.57 bits per heavy atom. The molecule has 2 rings (SSSR count). The molecule has 1 aromatic rings. The highest BCUT2D eigenvalue weighted by atomic mass is 16.5. The lowest BCUT2D eigenvalue weighted by Crippen LogP contribution is -2.29. The van der Waals surface area contributed by atoms with E-state index in [2.05, 4.69) is 10.2 Å². The number of hydrogen-bond acceptors (Lipinski definition) is 4. The van der Waals surface area contributed by atoms with Crippen molar-refractivity contribution in [2.75, 3.05) is 29.9 Å². The van der Waals surface area contributed by atoms with Gasteiger partial charge in [0.05, 0.1) is 17.9 Å². The molecule has 0 unspecified atom stereocenters. The second kappa shape index (κ2) is 7.11. The molecule has 1 aliphatic heterocycles. The standard InChI is InChI=1S/C16H22N2O3/c1-3-21-16(20)14-8-7-13(11-15(14)17-12(2)19)18-9-5-4-6-10-18/h7-8,11H,3-6,9-10H2,1-2H3,(H,17,19). The van der Waals surface area contributed by atoms with Crippen molar-refractivity contribution in [3.8, 4) is 0 Å². The molecule has 1 aromatic carbocycles. The van der Waals surface area contributed by atoms with Crippen molar-refractivity contribution in [2.24, 2.45) is 0 Å². The molecule has 5 nitrogen and oxygen atoms in total. The van der Waals surface area contributed by atoms with Crippen molar-refractivity contribution in [1.29, 1.82) is 0 Å². The molecule has 0 atom stereocenters. The maximum Gasteiger partial charge on any atom is 0.340 e. The summed E-state index contributed by atoms with van der Waals surface area (Å²) in [4.78, 5) is 25.6. The Balaban J connectivity index is 2.29. The van der Waals surface area contributed by atoms with Crippen LogP contribution in [0.5, 0.6) is 0 Å². The zero-order valence-corrected chi connectivity index (χ0v) is 12.6. The second-order valence-corrected chi connectivity index (χ2v) is 5.18. The molecule has 1 amide bonds. The van der Waals surface area contributed by atoms with Gasteiger partial charge in [0.15, 0.2) is 0 Å². The summed E-state index contributed by atoms with van der Waals surface area (Å²) in [6, 6.07) is 5.51. The van der Waals surface area contributed by atoms with Crippen LogP contribution in [0.2, 0.25) is 0 Å². The van der Waals surface area contributed by atoms with Crippen molar-refractivity contribution < 1.29 is 14.3 Å². The zero-order valence-electron chi connectivity index (χ0n) is 12.6. The number of carbonyl (C=O) groups is 2. The molecule has 1 heterocycles. The first-order valence-corrected chi connectivity index (χ1v) is 7.45. The summed E-state index contributed by atoms with van der Waals surface area (Å²) in [7, 11) is 0. The Hall–Kier alpha value is -2.04. The first-order valence-electron chi connectivity index (χ1n) is 7.45. The molecular weight excluding hydrogens is 268 g/mol. The van der Waals surface area contributed by atoms with Crippen LogP contribution in [0, 0.1) is 0 Å². The normalized spacial score (nSPS) is 14.7. The predicted molar refractivity (Wildman–Crippen MR) is 82.8 cm³/mol. The molecule has 0 saturated carbocycles. The van der Waals surface area contributed by atoms with Crippen LogP contribution in [0.25, 0.3) is 0 Å². The van der Waals surface area contributed by atoms with Crippen LogP contribution < -0.4 is 10.2 Å². The molecule has 0 radical (unpaired) electrons. The fraction of sp³-hybridized carbons (Fsp3) is 0.500. The van der Waals surface area contributed by atoms with Gasteiger partial charge in [-0.05, 0) is 44.4 Å². The molecule has 0 aliphatic carbocycles. The predicted octanol–water partition coefficient (Wildman–Crippen LogP) is 2.81. The summed E-state index contributed by atoms with van der Waals surface area (Å²) in [6.45, 7) is 5.53. The molecule has 5 heteroatoms. The highest BCUT2D eigenvalue weighted by molar-refractivity contribution is 6.01. The van der Waals surface area contributed by atoms with Gasteiger partial charge in [-0.25, -0.2) is 4.79 Å². The summed E-state index contributed by atoms with van der Waals surface area (Å²) in [6.07, 6.45) is 3.61. The first-order chi connectivity index (χ1) is 10.1. The average molecular weight is 290 g/mol. The van der Waals surface area contributed by atoms with Crippen LogP contribution in [0.3, 0.4) is 0 Å². The molecular formula is C16H22N2O3. The summed E-state index contributed by atoms with van der Waals surface area (Å²) in [5, 5.41) is 2.73. The third-order valence-corrected chi connectivity index (χ3v) is 3.53. The summed E-state index contributed by atoms with van der Waals surface area (Å²) in [5.41, 5.74) is 1.95. The number of ether oxygens (including phenoxy) is 1. The second-order valence-electron chi connectivity index (χ2n) is 5.18. The van der Waals surface area contributed by atoms with Gasteiger partial charge in [-0.1, -0.05) is 0 Å². The smallest absolute Gasteiger partial charge is 0.340 e. The van der Waals surface area contributed by atoms with Crippen LogP contribution >= 0.6 is 0 Å². The quantitative estimate of drug-likeness (QED) is 0.866. The number of carbonyl (C=O) groups excluding carboxylic acids is 2. The lowest BCUT2D eigenvalue weighted by molar-refractivity contribution is -0.114. The third-order valence-electron chi connectivity index (χ3n) is 3.53. The number of benzene rings is 1. The Kier molecular flexibility index (Phi) is 5.20. The van der Waals surface area contributed by atoms with Crippen LogP contribution in [0.1, 0.15) is 43.5 Å². The number of piperidine rings is 1. The number of rotatable bonds is 4. The molecule has 21 heavy (non-hydrogen) atoms. The van der Waals surface area contributed by atoms with E-state index in [1.54, 1.807) is 13.0 Å². The molecule has 114 valence electrons. The van der Waals surface area contributed by atoms with Gasteiger partial charge in [0.1, 0.15) is 0 Å². The lowest BCUT2D eigenvalue weighted by atomic mass is 10.1. The van der Waals surface area contributed by atoms with E-state index in [1.165, 1.54) is 26.2 Å². The van der Waals surface area contributed by atoms with Crippen LogP contribution in [-0.2, 0) is 9.53 Å². The molecule has 1 N–H and O–H groups in total. The lowest BCUT2D eigenvalue weighted by Gasteiger charge is -2.29. The number of hydrogen-bond donors (Lipinski definition) is 1. The van der Waals surface area contributed by atoms with Gasteiger partial charge < -0.3 is 15.0 Å².